The van der Waals surface area contributed by atoms with Crippen LogP contribution < -0.4 is 14.2 Å². The van der Waals surface area contributed by atoms with Crippen LogP contribution in [0.15, 0.2) is 66.7 Å². The van der Waals surface area contributed by atoms with E-state index in [4.69, 9.17) is 14.2 Å². The molecular formula is C31H33NO4S. The Morgan fingerprint density at radius 3 is 2.24 bits per heavy atom. The Balaban J connectivity index is 1.40. The summed E-state index contributed by atoms with van der Waals surface area (Å²) in [5.74, 6) is 2.38. The van der Waals surface area contributed by atoms with Crippen molar-refractivity contribution < 1.29 is 19.0 Å². The van der Waals surface area contributed by atoms with E-state index in [2.05, 4.69) is 4.90 Å². The number of likely N-dealkylation sites (tertiary alicyclic amines) is 1. The number of rotatable bonds is 10. The van der Waals surface area contributed by atoms with Crippen molar-refractivity contribution in [2.75, 3.05) is 40.0 Å². The zero-order valence-electron chi connectivity index (χ0n) is 21.5. The summed E-state index contributed by atoms with van der Waals surface area (Å²) in [6, 6.07) is 21.4. The Hall–Kier alpha value is -3.35. The van der Waals surface area contributed by atoms with Gasteiger partial charge < -0.3 is 14.2 Å². The van der Waals surface area contributed by atoms with Crippen molar-refractivity contribution in [3.05, 3.63) is 77.9 Å². The van der Waals surface area contributed by atoms with Gasteiger partial charge in [0, 0.05) is 32.6 Å². The normalized spacial score (nSPS) is 14.0. The molecule has 0 aliphatic carbocycles. The van der Waals surface area contributed by atoms with Crippen molar-refractivity contribution >= 4 is 27.2 Å². The Bertz CT molecular complexity index is 1340. The SMILES string of the molecule is CCOc1ccc(-c2sc3cc(OC)ccc3c2C(=O)c2ccc(OCCN3CCCCC3)cc2)cc1. The van der Waals surface area contributed by atoms with Crippen molar-refractivity contribution in [2.45, 2.75) is 26.2 Å². The molecule has 0 atom stereocenters. The molecule has 0 spiro atoms. The van der Waals surface area contributed by atoms with E-state index in [-0.39, 0.29) is 5.78 Å². The highest BCUT2D eigenvalue weighted by molar-refractivity contribution is 7.22. The Labute approximate surface area is 222 Å². The van der Waals surface area contributed by atoms with E-state index in [1.807, 2.05) is 73.7 Å². The van der Waals surface area contributed by atoms with Crippen molar-refractivity contribution in [1.82, 2.24) is 4.90 Å². The zero-order valence-corrected chi connectivity index (χ0v) is 22.3. The van der Waals surface area contributed by atoms with Gasteiger partial charge in [-0.1, -0.05) is 6.42 Å². The van der Waals surface area contributed by atoms with E-state index in [0.29, 0.717) is 24.3 Å². The van der Waals surface area contributed by atoms with E-state index in [1.54, 1.807) is 18.4 Å². The number of piperidine rings is 1. The fourth-order valence-electron chi connectivity index (χ4n) is 4.82. The second-order valence-corrected chi connectivity index (χ2v) is 10.3. The maximum atomic E-state index is 13.9. The third kappa shape index (κ3) is 5.81. The van der Waals surface area contributed by atoms with Crippen LogP contribution in [0, 0.1) is 0 Å². The lowest BCUT2D eigenvalue weighted by Gasteiger charge is -2.26. The molecule has 6 heteroatoms. The van der Waals surface area contributed by atoms with Gasteiger partial charge in [0.2, 0.25) is 0 Å². The van der Waals surface area contributed by atoms with Crippen LogP contribution in [0.25, 0.3) is 20.5 Å². The Kier molecular flexibility index (Phi) is 8.07. The van der Waals surface area contributed by atoms with Crippen molar-refractivity contribution in [2.24, 2.45) is 0 Å². The maximum Gasteiger partial charge on any atom is 0.195 e. The van der Waals surface area contributed by atoms with Crippen LogP contribution in [0.2, 0.25) is 0 Å². The molecule has 1 fully saturated rings. The molecule has 37 heavy (non-hydrogen) atoms. The number of ether oxygens (including phenoxy) is 3. The van der Waals surface area contributed by atoms with Crippen LogP contribution in [0.5, 0.6) is 17.2 Å². The smallest absolute Gasteiger partial charge is 0.195 e. The molecule has 0 unspecified atom stereocenters. The monoisotopic (exact) mass is 515 g/mol. The van der Waals surface area contributed by atoms with Crippen LogP contribution in [0.1, 0.15) is 42.1 Å². The fourth-order valence-corrected chi connectivity index (χ4v) is 6.06. The number of benzene rings is 3. The Morgan fingerprint density at radius 2 is 1.54 bits per heavy atom. The van der Waals surface area contributed by atoms with Crippen LogP contribution >= 0.6 is 11.3 Å². The maximum absolute atomic E-state index is 13.9. The van der Waals surface area contributed by atoms with E-state index in [1.165, 1.54) is 19.3 Å². The van der Waals surface area contributed by atoms with Crippen molar-refractivity contribution in [3.8, 4) is 27.7 Å². The largest absolute Gasteiger partial charge is 0.497 e. The molecule has 0 radical (unpaired) electrons. The first-order valence-electron chi connectivity index (χ1n) is 13.0. The lowest BCUT2D eigenvalue weighted by Crippen LogP contribution is -2.33. The summed E-state index contributed by atoms with van der Waals surface area (Å²) >= 11 is 1.61. The molecule has 2 heterocycles. The highest BCUT2D eigenvalue weighted by Gasteiger charge is 2.22. The molecule has 1 saturated heterocycles. The van der Waals surface area contributed by atoms with Gasteiger partial charge >= 0.3 is 0 Å². The van der Waals surface area contributed by atoms with Gasteiger partial charge in [0.25, 0.3) is 0 Å². The summed E-state index contributed by atoms with van der Waals surface area (Å²) in [5, 5.41) is 0.932. The predicted octanol–water partition coefficient (Wildman–Crippen LogP) is 7.07. The standard InChI is InChI=1S/C31H33NO4S/c1-3-35-24-13-9-23(10-14-24)31-29(27-16-15-26(34-2)21-28(27)37-31)30(33)22-7-11-25(12-8-22)36-20-19-32-17-5-4-6-18-32/h7-16,21H,3-6,17-20H2,1-2H3. The molecule has 5 rings (SSSR count). The average molecular weight is 516 g/mol. The summed E-state index contributed by atoms with van der Waals surface area (Å²) < 4.78 is 18.0. The number of nitrogens with zero attached hydrogens (tertiary/aromatic N) is 1. The lowest BCUT2D eigenvalue weighted by atomic mass is 9.97. The molecule has 1 aliphatic heterocycles. The summed E-state index contributed by atoms with van der Waals surface area (Å²) in [5.41, 5.74) is 2.35. The number of hydrogen-bond donors (Lipinski definition) is 0. The highest BCUT2D eigenvalue weighted by Crippen LogP contribution is 2.41. The zero-order chi connectivity index (χ0) is 25.6. The van der Waals surface area contributed by atoms with E-state index in [0.717, 1.165) is 57.4 Å². The highest BCUT2D eigenvalue weighted by atomic mass is 32.1. The second-order valence-electron chi connectivity index (χ2n) is 9.23. The molecule has 3 aromatic carbocycles. The molecule has 4 aromatic rings. The van der Waals surface area contributed by atoms with Crippen LogP contribution in [0.4, 0.5) is 0 Å². The molecule has 0 N–H and O–H groups in total. The van der Waals surface area contributed by atoms with E-state index in [9.17, 15) is 4.79 Å². The van der Waals surface area contributed by atoms with Gasteiger partial charge in [-0.25, -0.2) is 0 Å². The minimum Gasteiger partial charge on any atom is -0.497 e. The molecule has 0 bridgehead atoms. The number of thiophene rings is 1. The molecule has 0 amide bonds. The van der Waals surface area contributed by atoms with Crippen molar-refractivity contribution in [3.63, 3.8) is 0 Å². The van der Waals surface area contributed by atoms with Gasteiger partial charge in [0.1, 0.15) is 23.9 Å². The lowest BCUT2D eigenvalue weighted by molar-refractivity contribution is 0.104. The van der Waals surface area contributed by atoms with Gasteiger partial charge in [0.15, 0.2) is 5.78 Å². The van der Waals surface area contributed by atoms with Gasteiger partial charge in [-0.05, 0) is 105 Å². The number of carbonyl (C=O) groups excluding carboxylic acids is 1. The number of hydrogen-bond acceptors (Lipinski definition) is 6. The average Bonchev–Trinajstić information content (AvgIpc) is 3.33. The van der Waals surface area contributed by atoms with Gasteiger partial charge in [-0.2, -0.15) is 0 Å². The predicted molar refractivity (Wildman–Crippen MR) is 151 cm³/mol. The third-order valence-corrected chi connectivity index (χ3v) is 7.99. The number of ketones is 1. The summed E-state index contributed by atoms with van der Waals surface area (Å²) in [4.78, 5) is 17.3. The number of carbonyl (C=O) groups is 1. The van der Waals surface area contributed by atoms with Gasteiger partial charge in [-0.15, -0.1) is 11.3 Å². The first kappa shape index (κ1) is 25.3. The fraction of sp³-hybridized carbons (Fsp3) is 0.323. The topological polar surface area (TPSA) is 48.0 Å². The molecule has 0 saturated carbocycles. The minimum atomic E-state index is 0.000156. The number of fused-ring (bicyclic) bond motifs is 1. The third-order valence-electron chi connectivity index (χ3n) is 6.79. The van der Waals surface area contributed by atoms with Gasteiger partial charge in [0.05, 0.1) is 13.7 Å². The minimum absolute atomic E-state index is 0.000156. The molecule has 5 nitrogen and oxygen atoms in total. The Morgan fingerprint density at radius 1 is 0.865 bits per heavy atom. The second kappa shape index (κ2) is 11.8. The number of methoxy groups -OCH3 is 1. The van der Waals surface area contributed by atoms with Crippen LogP contribution in [-0.2, 0) is 0 Å². The van der Waals surface area contributed by atoms with Crippen LogP contribution in [-0.4, -0.2) is 50.6 Å². The molecule has 1 aliphatic rings. The first-order valence-corrected chi connectivity index (χ1v) is 13.8. The quantitative estimate of drug-likeness (QED) is 0.211. The first-order chi connectivity index (χ1) is 18.2. The van der Waals surface area contributed by atoms with Gasteiger partial charge in [-0.3, -0.25) is 9.69 Å². The van der Waals surface area contributed by atoms with Crippen molar-refractivity contribution in [1.29, 1.82) is 0 Å². The van der Waals surface area contributed by atoms with E-state index >= 15 is 0 Å². The van der Waals surface area contributed by atoms with Crippen LogP contribution in [0.3, 0.4) is 0 Å². The van der Waals surface area contributed by atoms with E-state index < -0.39 is 0 Å². The summed E-state index contributed by atoms with van der Waals surface area (Å²) in [6.07, 6.45) is 3.89. The molecular weight excluding hydrogens is 482 g/mol. The summed E-state index contributed by atoms with van der Waals surface area (Å²) in [7, 11) is 1.66. The molecule has 1 aromatic heterocycles. The molecule has 192 valence electrons. The summed E-state index contributed by atoms with van der Waals surface area (Å²) in [6.45, 7) is 6.50.